The molecule has 1 aromatic carbocycles. The summed E-state index contributed by atoms with van der Waals surface area (Å²) in [7, 11) is 1.34. The van der Waals surface area contributed by atoms with E-state index >= 15 is 0 Å². The van der Waals surface area contributed by atoms with Gasteiger partial charge in [0.15, 0.2) is 0 Å². The number of esters is 1. The van der Waals surface area contributed by atoms with Crippen LogP contribution >= 0.6 is 22.9 Å². The van der Waals surface area contributed by atoms with E-state index in [1.54, 1.807) is 25.3 Å². The molecule has 20 heavy (non-hydrogen) atoms. The first-order chi connectivity index (χ1) is 9.60. The lowest BCUT2D eigenvalue weighted by molar-refractivity contribution is 0.0605. The van der Waals surface area contributed by atoms with E-state index in [0.29, 0.717) is 20.7 Å². The van der Waals surface area contributed by atoms with Crippen LogP contribution < -0.4 is 5.43 Å². The fraction of sp³-hybridized carbons (Fsp3) is 0.154. The van der Waals surface area contributed by atoms with Gasteiger partial charge in [0.05, 0.1) is 19.0 Å². The van der Waals surface area contributed by atoms with E-state index in [2.05, 4.69) is 20.2 Å². The Kier molecular flexibility index (Phi) is 4.70. The number of aryl methyl sites for hydroxylation is 1. The summed E-state index contributed by atoms with van der Waals surface area (Å²) in [5, 5.41) is 5.23. The van der Waals surface area contributed by atoms with Gasteiger partial charge in [-0.15, -0.1) is 0 Å². The van der Waals surface area contributed by atoms with Crippen LogP contribution in [0.2, 0.25) is 5.02 Å². The molecule has 104 valence electrons. The van der Waals surface area contributed by atoms with Crippen molar-refractivity contribution >= 4 is 40.3 Å². The standard InChI is InChI=1S/C13H12ClN3O2S/c1-8-11(12(18)19-2)20-13(16-8)17-15-7-9-4-3-5-10(14)6-9/h3-7H,1-2H3,(H,16,17)/b15-7-. The van der Waals surface area contributed by atoms with Gasteiger partial charge in [0.1, 0.15) is 4.88 Å². The minimum atomic E-state index is -0.396. The molecule has 0 aliphatic rings. The summed E-state index contributed by atoms with van der Waals surface area (Å²) >= 11 is 7.07. The zero-order valence-corrected chi connectivity index (χ0v) is 12.5. The first-order valence-electron chi connectivity index (χ1n) is 5.70. The summed E-state index contributed by atoms with van der Waals surface area (Å²) in [6.45, 7) is 1.74. The van der Waals surface area contributed by atoms with E-state index in [1.165, 1.54) is 18.4 Å². The molecule has 0 spiro atoms. The lowest BCUT2D eigenvalue weighted by atomic mass is 10.2. The van der Waals surface area contributed by atoms with Gasteiger partial charge < -0.3 is 4.74 Å². The first kappa shape index (κ1) is 14.5. The molecule has 0 atom stereocenters. The molecule has 0 aliphatic carbocycles. The summed E-state index contributed by atoms with van der Waals surface area (Å²) in [6, 6.07) is 7.30. The number of carbonyl (C=O) groups is 1. The number of aromatic nitrogens is 1. The fourth-order valence-corrected chi connectivity index (χ4v) is 2.51. The van der Waals surface area contributed by atoms with E-state index in [4.69, 9.17) is 11.6 Å². The third-order valence-corrected chi connectivity index (χ3v) is 3.67. The highest BCUT2D eigenvalue weighted by molar-refractivity contribution is 7.17. The monoisotopic (exact) mass is 309 g/mol. The summed E-state index contributed by atoms with van der Waals surface area (Å²) < 4.78 is 4.67. The fourth-order valence-electron chi connectivity index (χ4n) is 1.48. The largest absolute Gasteiger partial charge is 0.465 e. The Labute approximate surface area is 125 Å². The van der Waals surface area contributed by atoms with Crippen LogP contribution in [0.4, 0.5) is 5.13 Å². The molecule has 5 nitrogen and oxygen atoms in total. The molecule has 0 saturated heterocycles. The number of thiazole rings is 1. The number of carbonyl (C=O) groups excluding carboxylic acids is 1. The van der Waals surface area contributed by atoms with Gasteiger partial charge in [-0.25, -0.2) is 9.78 Å². The Morgan fingerprint density at radius 1 is 1.55 bits per heavy atom. The quantitative estimate of drug-likeness (QED) is 0.534. The summed E-state index contributed by atoms with van der Waals surface area (Å²) in [5.74, 6) is -0.396. The number of hydrogen-bond donors (Lipinski definition) is 1. The molecule has 0 radical (unpaired) electrons. The van der Waals surface area contributed by atoms with Gasteiger partial charge in [-0.3, -0.25) is 5.43 Å². The third kappa shape index (κ3) is 3.55. The number of hydrazone groups is 1. The van der Waals surface area contributed by atoms with Gasteiger partial charge in [0.2, 0.25) is 5.13 Å². The molecule has 1 N–H and O–H groups in total. The molecule has 0 amide bonds. The average molecular weight is 310 g/mol. The second kappa shape index (κ2) is 6.49. The lowest BCUT2D eigenvalue weighted by Crippen LogP contribution is -1.99. The normalized spacial score (nSPS) is 10.8. The molecule has 2 aromatic rings. The molecular weight excluding hydrogens is 298 g/mol. The summed E-state index contributed by atoms with van der Waals surface area (Å²) in [4.78, 5) is 16.1. The SMILES string of the molecule is COC(=O)c1sc(N/N=C\c2cccc(Cl)c2)nc1C. The van der Waals surface area contributed by atoms with Crippen LogP contribution in [-0.4, -0.2) is 24.3 Å². The van der Waals surface area contributed by atoms with Crippen LogP contribution in [0, 0.1) is 6.92 Å². The van der Waals surface area contributed by atoms with Crippen LogP contribution in [0.15, 0.2) is 29.4 Å². The highest BCUT2D eigenvalue weighted by Gasteiger charge is 2.15. The van der Waals surface area contributed by atoms with E-state index in [0.717, 1.165) is 5.56 Å². The number of anilines is 1. The highest BCUT2D eigenvalue weighted by Crippen LogP contribution is 2.23. The molecule has 0 bridgehead atoms. The number of halogens is 1. The minimum absolute atomic E-state index is 0.396. The number of nitrogens with zero attached hydrogens (tertiary/aromatic N) is 2. The van der Waals surface area contributed by atoms with Crippen molar-refractivity contribution in [2.45, 2.75) is 6.92 Å². The van der Waals surface area contributed by atoms with Crippen molar-refractivity contribution < 1.29 is 9.53 Å². The maximum absolute atomic E-state index is 11.4. The van der Waals surface area contributed by atoms with Crippen LogP contribution in [-0.2, 0) is 4.74 Å². The number of nitrogens with one attached hydrogen (secondary N) is 1. The van der Waals surface area contributed by atoms with Crippen LogP contribution in [0.5, 0.6) is 0 Å². The van der Waals surface area contributed by atoms with E-state index in [1.807, 2.05) is 12.1 Å². The van der Waals surface area contributed by atoms with Crippen molar-refractivity contribution in [2.24, 2.45) is 5.10 Å². The Morgan fingerprint density at radius 3 is 3.05 bits per heavy atom. The number of ether oxygens (including phenoxy) is 1. The van der Waals surface area contributed by atoms with E-state index in [9.17, 15) is 4.79 Å². The van der Waals surface area contributed by atoms with Gasteiger partial charge in [-0.05, 0) is 24.6 Å². The number of rotatable bonds is 4. The van der Waals surface area contributed by atoms with Crippen molar-refractivity contribution in [3.05, 3.63) is 45.4 Å². The minimum Gasteiger partial charge on any atom is -0.465 e. The molecule has 1 aromatic heterocycles. The maximum atomic E-state index is 11.4. The zero-order chi connectivity index (χ0) is 14.5. The maximum Gasteiger partial charge on any atom is 0.350 e. The number of hydrogen-bond acceptors (Lipinski definition) is 6. The van der Waals surface area contributed by atoms with Crippen molar-refractivity contribution in [3.63, 3.8) is 0 Å². The van der Waals surface area contributed by atoms with Crippen molar-refractivity contribution in [1.82, 2.24) is 4.98 Å². The second-order valence-electron chi connectivity index (χ2n) is 3.85. The van der Waals surface area contributed by atoms with Crippen molar-refractivity contribution in [1.29, 1.82) is 0 Å². The Bertz CT molecular complexity index is 655. The van der Waals surface area contributed by atoms with Crippen molar-refractivity contribution in [3.8, 4) is 0 Å². The highest BCUT2D eigenvalue weighted by atomic mass is 35.5. The first-order valence-corrected chi connectivity index (χ1v) is 6.90. The summed E-state index contributed by atoms with van der Waals surface area (Å²) in [6.07, 6.45) is 1.63. The van der Waals surface area contributed by atoms with Gasteiger partial charge in [0, 0.05) is 5.02 Å². The smallest absolute Gasteiger partial charge is 0.350 e. The molecule has 7 heteroatoms. The van der Waals surface area contributed by atoms with Gasteiger partial charge in [-0.2, -0.15) is 5.10 Å². The lowest BCUT2D eigenvalue weighted by Gasteiger charge is -1.95. The predicted octanol–water partition coefficient (Wildman–Crippen LogP) is 3.34. The average Bonchev–Trinajstić information content (AvgIpc) is 2.79. The zero-order valence-electron chi connectivity index (χ0n) is 10.9. The van der Waals surface area contributed by atoms with Gasteiger partial charge in [-0.1, -0.05) is 35.1 Å². The van der Waals surface area contributed by atoms with Crippen LogP contribution in [0.3, 0.4) is 0 Å². The van der Waals surface area contributed by atoms with Gasteiger partial charge in [0.25, 0.3) is 0 Å². The second-order valence-corrected chi connectivity index (χ2v) is 5.29. The molecular formula is C13H12ClN3O2S. The van der Waals surface area contributed by atoms with E-state index in [-0.39, 0.29) is 0 Å². The Balaban J connectivity index is 2.06. The Hall–Kier alpha value is -1.92. The van der Waals surface area contributed by atoms with Gasteiger partial charge >= 0.3 is 5.97 Å². The summed E-state index contributed by atoms with van der Waals surface area (Å²) in [5.41, 5.74) is 4.26. The van der Waals surface area contributed by atoms with Crippen molar-refractivity contribution in [2.75, 3.05) is 12.5 Å². The molecule has 0 saturated carbocycles. The van der Waals surface area contributed by atoms with Crippen LogP contribution in [0.1, 0.15) is 20.9 Å². The topological polar surface area (TPSA) is 63.6 Å². The number of benzene rings is 1. The third-order valence-electron chi connectivity index (χ3n) is 2.39. The van der Waals surface area contributed by atoms with E-state index < -0.39 is 5.97 Å². The van der Waals surface area contributed by atoms with Crippen LogP contribution in [0.25, 0.3) is 0 Å². The molecule has 1 heterocycles. The Morgan fingerprint density at radius 2 is 2.35 bits per heavy atom. The molecule has 0 fully saturated rings. The molecule has 0 unspecified atom stereocenters. The number of methoxy groups -OCH3 is 1. The molecule has 2 rings (SSSR count). The predicted molar refractivity (Wildman–Crippen MR) is 80.9 cm³/mol. The molecule has 0 aliphatic heterocycles.